The summed E-state index contributed by atoms with van der Waals surface area (Å²) in [5.74, 6) is 0.598. The molecule has 0 spiro atoms. The Kier molecular flexibility index (Phi) is 4.06. The molecule has 3 aromatic rings. The second-order valence-electron chi connectivity index (χ2n) is 5.27. The van der Waals surface area contributed by atoms with Gasteiger partial charge in [0.15, 0.2) is 12.1 Å². The van der Waals surface area contributed by atoms with E-state index in [1.165, 1.54) is 0 Å². The van der Waals surface area contributed by atoms with Gasteiger partial charge in [0.2, 0.25) is 0 Å². The maximum atomic E-state index is 11.4. The number of para-hydroxylation sites is 1. The van der Waals surface area contributed by atoms with Crippen molar-refractivity contribution in [3.63, 3.8) is 0 Å². The van der Waals surface area contributed by atoms with E-state index >= 15 is 0 Å². The first-order valence-corrected chi connectivity index (χ1v) is 7.32. The van der Waals surface area contributed by atoms with E-state index in [1.54, 1.807) is 18.3 Å². The SMILES string of the molecule is Cc1cccc(C=O)c1-c1ccccc1Nc1ncccc1N. The van der Waals surface area contributed by atoms with Crippen molar-refractivity contribution >= 4 is 23.5 Å². The van der Waals surface area contributed by atoms with Gasteiger partial charge in [-0.1, -0.05) is 36.4 Å². The molecule has 0 radical (unpaired) electrons. The van der Waals surface area contributed by atoms with Crippen LogP contribution >= 0.6 is 0 Å². The molecule has 0 saturated carbocycles. The third-order valence-electron chi connectivity index (χ3n) is 3.72. The van der Waals surface area contributed by atoms with Gasteiger partial charge in [0.25, 0.3) is 0 Å². The van der Waals surface area contributed by atoms with Gasteiger partial charge in [-0.15, -0.1) is 0 Å². The molecule has 0 saturated heterocycles. The number of aryl methyl sites for hydroxylation is 1. The van der Waals surface area contributed by atoms with Crippen molar-refractivity contribution in [1.29, 1.82) is 0 Å². The van der Waals surface area contributed by atoms with Gasteiger partial charge in [0.1, 0.15) is 0 Å². The lowest BCUT2D eigenvalue weighted by Crippen LogP contribution is -2.01. The predicted molar refractivity (Wildman–Crippen MR) is 93.9 cm³/mol. The summed E-state index contributed by atoms with van der Waals surface area (Å²) in [5, 5.41) is 3.27. The molecule has 114 valence electrons. The predicted octanol–water partition coefficient (Wildman–Crippen LogP) is 4.20. The van der Waals surface area contributed by atoms with Crippen molar-refractivity contribution in [2.75, 3.05) is 11.1 Å². The number of aldehydes is 1. The first-order valence-electron chi connectivity index (χ1n) is 7.32. The van der Waals surface area contributed by atoms with Crippen molar-refractivity contribution in [2.24, 2.45) is 0 Å². The van der Waals surface area contributed by atoms with Crippen LogP contribution in [0.4, 0.5) is 17.2 Å². The minimum atomic E-state index is 0.572. The number of nitrogens with one attached hydrogen (secondary N) is 1. The Morgan fingerprint density at radius 2 is 1.87 bits per heavy atom. The fraction of sp³-hybridized carbons (Fsp3) is 0.0526. The van der Waals surface area contributed by atoms with E-state index in [2.05, 4.69) is 10.3 Å². The topological polar surface area (TPSA) is 68.0 Å². The van der Waals surface area contributed by atoms with Gasteiger partial charge < -0.3 is 11.1 Å². The summed E-state index contributed by atoms with van der Waals surface area (Å²) in [6, 6.07) is 17.1. The summed E-state index contributed by atoms with van der Waals surface area (Å²) in [6.07, 6.45) is 2.57. The quantitative estimate of drug-likeness (QED) is 0.709. The molecule has 1 heterocycles. The zero-order chi connectivity index (χ0) is 16.2. The van der Waals surface area contributed by atoms with E-state index in [4.69, 9.17) is 5.73 Å². The van der Waals surface area contributed by atoms with E-state index in [1.807, 2.05) is 49.4 Å². The van der Waals surface area contributed by atoms with Gasteiger partial charge in [-0.25, -0.2) is 4.98 Å². The second-order valence-corrected chi connectivity index (χ2v) is 5.27. The van der Waals surface area contributed by atoms with Crippen LogP contribution < -0.4 is 11.1 Å². The van der Waals surface area contributed by atoms with E-state index in [0.717, 1.165) is 28.7 Å². The van der Waals surface area contributed by atoms with Crippen LogP contribution in [0.15, 0.2) is 60.8 Å². The number of nitrogens with two attached hydrogens (primary N) is 1. The Balaban J connectivity index is 2.13. The number of carbonyl (C=O) groups is 1. The molecule has 1 aromatic heterocycles. The molecule has 0 aliphatic carbocycles. The molecule has 0 amide bonds. The summed E-state index contributed by atoms with van der Waals surface area (Å²) < 4.78 is 0. The van der Waals surface area contributed by atoms with Gasteiger partial charge in [0, 0.05) is 23.0 Å². The van der Waals surface area contributed by atoms with E-state index in [0.29, 0.717) is 17.1 Å². The third-order valence-corrected chi connectivity index (χ3v) is 3.72. The first kappa shape index (κ1) is 14.8. The lowest BCUT2D eigenvalue weighted by molar-refractivity contribution is 0.112. The smallest absolute Gasteiger partial charge is 0.153 e. The van der Waals surface area contributed by atoms with Crippen LogP contribution in [-0.2, 0) is 0 Å². The van der Waals surface area contributed by atoms with E-state index in [-0.39, 0.29) is 0 Å². The Morgan fingerprint density at radius 1 is 1.04 bits per heavy atom. The molecular weight excluding hydrogens is 286 g/mol. The number of anilines is 3. The van der Waals surface area contributed by atoms with Crippen LogP contribution in [0, 0.1) is 6.92 Å². The van der Waals surface area contributed by atoms with Gasteiger partial charge in [-0.3, -0.25) is 4.79 Å². The van der Waals surface area contributed by atoms with Crippen molar-refractivity contribution in [1.82, 2.24) is 4.98 Å². The van der Waals surface area contributed by atoms with Crippen LogP contribution in [0.2, 0.25) is 0 Å². The molecule has 4 heteroatoms. The first-order chi connectivity index (χ1) is 11.2. The van der Waals surface area contributed by atoms with E-state index in [9.17, 15) is 4.79 Å². The highest BCUT2D eigenvalue weighted by Crippen LogP contribution is 2.34. The molecule has 0 bridgehead atoms. The molecule has 3 N–H and O–H groups in total. The average Bonchev–Trinajstić information content (AvgIpc) is 2.57. The number of nitrogens with zero attached hydrogens (tertiary/aromatic N) is 1. The molecule has 0 atom stereocenters. The zero-order valence-corrected chi connectivity index (χ0v) is 12.8. The van der Waals surface area contributed by atoms with Crippen LogP contribution in [0.5, 0.6) is 0 Å². The normalized spacial score (nSPS) is 10.3. The van der Waals surface area contributed by atoms with Gasteiger partial charge in [-0.05, 0) is 36.2 Å². The standard InChI is InChI=1S/C19H17N3O/c1-13-6-4-7-14(12-23)18(13)15-8-2-3-10-17(15)22-19-16(20)9-5-11-21-19/h2-12H,20H2,1H3,(H,21,22). The maximum absolute atomic E-state index is 11.4. The number of aromatic nitrogens is 1. The van der Waals surface area contributed by atoms with Crippen LogP contribution in [-0.4, -0.2) is 11.3 Å². The average molecular weight is 303 g/mol. The summed E-state index contributed by atoms with van der Waals surface area (Å²) in [6.45, 7) is 1.99. The lowest BCUT2D eigenvalue weighted by atomic mass is 9.94. The molecule has 0 unspecified atom stereocenters. The monoisotopic (exact) mass is 303 g/mol. The molecule has 0 aliphatic rings. The Labute approximate surface area is 135 Å². The minimum Gasteiger partial charge on any atom is -0.396 e. The number of hydrogen-bond acceptors (Lipinski definition) is 4. The Hall–Kier alpha value is -3.14. The fourth-order valence-electron chi connectivity index (χ4n) is 2.62. The Bertz CT molecular complexity index is 859. The summed E-state index contributed by atoms with van der Waals surface area (Å²) in [7, 11) is 0. The maximum Gasteiger partial charge on any atom is 0.153 e. The number of carbonyl (C=O) groups excluding carboxylic acids is 1. The number of pyridine rings is 1. The van der Waals surface area contributed by atoms with E-state index < -0.39 is 0 Å². The number of rotatable bonds is 4. The largest absolute Gasteiger partial charge is 0.396 e. The van der Waals surface area contributed by atoms with Crippen molar-refractivity contribution in [3.8, 4) is 11.1 Å². The van der Waals surface area contributed by atoms with Crippen molar-refractivity contribution in [2.45, 2.75) is 6.92 Å². The Morgan fingerprint density at radius 3 is 2.65 bits per heavy atom. The van der Waals surface area contributed by atoms with Crippen LogP contribution in [0.25, 0.3) is 11.1 Å². The second kappa shape index (κ2) is 6.32. The van der Waals surface area contributed by atoms with Gasteiger partial charge >= 0.3 is 0 Å². The summed E-state index contributed by atoms with van der Waals surface area (Å²) >= 11 is 0. The number of hydrogen-bond donors (Lipinski definition) is 2. The lowest BCUT2D eigenvalue weighted by Gasteiger charge is -2.16. The molecular formula is C19H17N3O. The van der Waals surface area contributed by atoms with Crippen LogP contribution in [0.3, 0.4) is 0 Å². The summed E-state index contributed by atoms with van der Waals surface area (Å²) in [4.78, 5) is 15.7. The number of nitrogen functional groups attached to an aromatic ring is 1. The highest BCUT2D eigenvalue weighted by molar-refractivity contribution is 5.94. The third kappa shape index (κ3) is 2.92. The highest BCUT2D eigenvalue weighted by atomic mass is 16.1. The molecule has 2 aromatic carbocycles. The molecule has 23 heavy (non-hydrogen) atoms. The molecule has 4 nitrogen and oxygen atoms in total. The number of benzene rings is 2. The van der Waals surface area contributed by atoms with Gasteiger partial charge in [0.05, 0.1) is 5.69 Å². The van der Waals surface area contributed by atoms with Gasteiger partial charge in [-0.2, -0.15) is 0 Å². The molecule has 0 fully saturated rings. The zero-order valence-electron chi connectivity index (χ0n) is 12.8. The van der Waals surface area contributed by atoms with Crippen LogP contribution in [0.1, 0.15) is 15.9 Å². The molecule has 0 aliphatic heterocycles. The minimum absolute atomic E-state index is 0.572. The molecule has 3 rings (SSSR count). The highest BCUT2D eigenvalue weighted by Gasteiger charge is 2.12. The fourth-order valence-corrected chi connectivity index (χ4v) is 2.62. The van der Waals surface area contributed by atoms with Crippen molar-refractivity contribution in [3.05, 3.63) is 71.9 Å². The summed E-state index contributed by atoms with van der Waals surface area (Å²) in [5.41, 5.74) is 10.9. The van der Waals surface area contributed by atoms with Crippen molar-refractivity contribution < 1.29 is 4.79 Å².